The lowest BCUT2D eigenvalue weighted by Gasteiger charge is -2.19. The van der Waals surface area contributed by atoms with Crippen LogP contribution < -0.4 is 15.4 Å². The number of aryl methyl sites for hydroxylation is 1. The fourth-order valence-electron chi connectivity index (χ4n) is 3.12. The SMILES string of the molecule is COc1cccc(C(=O)NCC(=O)Nc2cccc3c2CCCC3)c1. The summed E-state index contributed by atoms with van der Waals surface area (Å²) in [5, 5.41) is 5.56. The Hall–Kier alpha value is -2.82. The van der Waals surface area contributed by atoms with Gasteiger partial charge in [0.25, 0.3) is 5.91 Å². The molecule has 5 nitrogen and oxygen atoms in total. The standard InChI is InChI=1S/C20H22N2O3/c1-25-16-9-4-8-15(12-16)20(24)21-13-19(23)22-18-11-5-7-14-6-2-3-10-17(14)18/h4-5,7-9,11-12H,2-3,6,10,13H2,1H3,(H,21,24)(H,22,23). The van der Waals surface area contributed by atoms with Crippen LogP contribution >= 0.6 is 0 Å². The van der Waals surface area contributed by atoms with E-state index >= 15 is 0 Å². The lowest BCUT2D eigenvalue weighted by molar-refractivity contribution is -0.115. The van der Waals surface area contributed by atoms with E-state index in [1.807, 2.05) is 12.1 Å². The van der Waals surface area contributed by atoms with E-state index in [1.54, 1.807) is 31.4 Å². The molecule has 0 radical (unpaired) electrons. The number of fused-ring (bicyclic) bond motifs is 1. The Morgan fingerprint density at radius 3 is 2.72 bits per heavy atom. The maximum atomic E-state index is 12.2. The summed E-state index contributed by atoms with van der Waals surface area (Å²) in [7, 11) is 1.55. The van der Waals surface area contributed by atoms with Gasteiger partial charge in [-0.2, -0.15) is 0 Å². The summed E-state index contributed by atoms with van der Waals surface area (Å²) in [6, 6.07) is 12.8. The van der Waals surface area contributed by atoms with Crippen molar-refractivity contribution >= 4 is 17.5 Å². The lowest BCUT2D eigenvalue weighted by Crippen LogP contribution is -2.33. The number of methoxy groups -OCH3 is 1. The molecule has 25 heavy (non-hydrogen) atoms. The van der Waals surface area contributed by atoms with Gasteiger partial charge in [0.2, 0.25) is 5.91 Å². The van der Waals surface area contributed by atoms with E-state index in [2.05, 4.69) is 16.7 Å². The predicted octanol–water partition coefficient (Wildman–Crippen LogP) is 2.94. The molecular formula is C20H22N2O3. The Balaban J connectivity index is 1.59. The van der Waals surface area contributed by atoms with Gasteiger partial charge in [-0.3, -0.25) is 9.59 Å². The number of hydrogen-bond acceptors (Lipinski definition) is 3. The molecule has 0 bridgehead atoms. The van der Waals surface area contributed by atoms with Crippen LogP contribution in [0.25, 0.3) is 0 Å². The first-order valence-corrected chi connectivity index (χ1v) is 8.50. The molecule has 0 spiro atoms. The zero-order valence-corrected chi connectivity index (χ0v) is 14.3. The first-order chi connectivity index (χ1) is 12.2. The normalized spacial score (nSPS) is 12.8. The van der Waals surface area contributed by atoms with Gasteiger partial charge in [0.05, 0.1) is 13.7 Å². The van der Waals surface area contributed by atoms with Gasteiger partial charge in [-0.05, 0) is 61.1 Å². The Kier molecular flexibility index (Phi) is 5.33. The fraction of sp³-hybridized carbons (Fsp3) is 0.300. The zero-order chi connectivity index (χ0) is 17.6. The summed E-state index contributed by atoms with van der Waals surface area (Å²) in [6.45, 7) is -0.0697. The average Bonchev–Trinajstić information content (AvgIpc) is 2.66. The largest absolute Gasteiger partial charge is 0.497 e. The number of carbonyl (C=O) groups excluding carboxylic acids is 2. The maximum absolute atomic E-state index is 12.2. The minimum absolute atomic E-state index is 0.0697. The van der Waals surface area contributed by atoms with Crippen LogP contribution in [0.15, 0.2) is 42.5 Å². The van der Waals surface area contributed by atoms with Crippen LogP contribution in [0.1, 0.15) is 34.3 Å². The highest BCUT2D eigenvalue weighted by molar-refractivity contribution is 5.99. The summed E-state index contributed by atoms with van der Waals surface area (Å²) in [4.78, 5) is 24.4. The second kappa shape index (κ2) is 7.83. The summed E-state index contributed by atoms with van der Waals surface area (Å²) >= 11 is 0. The van der Waals surface area contributed by atoms with Crippen molar-refractivity contribution in [3.63, 3.8) is 0 Å². The molecule has 0 saturated heterocycles. The van der Waals surface area contributed by atoms with Gasteiger partial charge in [-0.25, -0.2) is 0 Å². The van der Waals surface area contributed by atoms with Crippen molar-refractivity contribution in [3.8, 4) is 5.75 Å². The molecule has 1 aliphatic carbocycles. The van der Waals surface area contributed by atoms with Gasteiger partial charge in [-0.1, -0.05) is 18.2 Å². The highest BCUT2D eigenvalue weighted by Gasteiger charge is 2.15. The van der Waals surface area contributed by atoms with E-state index < -0.39 is 0 Å². The number of nitrogens with one attached hydrogen (secondary N) is 2. The molecule has 0 saturated carbocycles. The van der Waals surface area contributed by atoms with Crippen LogP contribution in [-0.2, 0) is 17.6 Å². The monoisotopic (exact) mass is 338 g/mol. The number of benzene rings is 2. The van der Waals surface area contributed by atoms with Crippen molar-refractivity contribution in [2.45, 2.75) is 25.7 Å². The molecule has 0 unspecified atom stereocenters. The summed E-state index contributed by atoms with van der Waals surface area (Å²) < 4.78 is 5.10. The van der Waals surface area contributed by atoms with E-state index in [0.717, 1.165) is 24.9 Å². The maximum Gasteiger partial charge on any atom is 0.251 e. The van der Waals surface area contributed by atoms with E-state index in [4.69, 9.17) is 4.74 Å². The molecule has 2 aromatic carbocycles. The van der Waals surface area contributed by atoms with Gasteiger partial charge >= 0.3 is 0 Å². The Morgan fingerprint density at radius 1 is 1.08 bits per heavy atom. The molecule has 2 aromatic rings. The third kappa shape index (κ3) is 4.18. The van der Waals surface area contributed by atoms with Crippen molar-refractivity contribution in [3.05, 3.63) is 59.2 Å². The third-order valence-electron chi connectivity index (χ3n) is 4.41. The fourth-order valence-corrected chi connectivity index (χ4v) is 3.12. The average molecular weight is 338 g/mol. The molecule has 5 heteroatoms. The topological polar surface area (TPSA) is 67.4 Å². The predicted molar refractivity (Wildman–Crippen MR) is 97.0 cm³/mol. The summed E-state index contributed by atoms with van der Waals surface area (Å²) in [5.74, 6) is 0.0763. The molecule has 0 fully saturated rings. The van der Waals surface area contributed by atoms with Crippen LogP contribution in [0.5, 0.6) is 5.75 Å². The van der Waals surface area contributed by atoms with Gasteiger partial charge in [0.1, 0.15) is 5.75 Å². The first kappa shape index (κ1) is 17.0. The zero-order valence-electron chi connectivity index (χ0n) is 14.3. The highest BCUT2D eigenvalue weighted by Crippen LogP contribution is 2.27. The van der Waals surface area contributed by atoms with Crippen molar-refractivity contribution in [2.24, 2.45) is 0 Å². The highest BCUT2D eigenvalue weighted by atomic mass is 16.5. The molecule has 0 aliphatic heterocycles. The molecule has 1 aliphatic rings. The molecule has 0 heterocycles. The van der Waals surface area contributed by atoms with Gasteiger partial charge < -0.3 is 15.4 Å². The minimum Gasteiger partial charge on any atom is -0.497 e. The molecule has 2 N–H and O–H groups in total. The quantitative estimate of drug-likeness (QED) is 0.881. The van der Waals surface area contributed by atoms with Crippen LogP contribution in [0.2, 0.25) is 0 Å². The Labute approximate surface area is 147 Å². The molecule has 2 amide bonds. The number of ether oxygens (including phenoxy) is 1. The molecule has 130 valence electrons. The van der Waals surface area contributed by atoms with E-state index in [1.165, 1.54) is 17.5 Å². The number of carbonyl (C=O) groups is 2. The van der Waals surface area contributed by atoms with E-state index in [9.17, 15) is 9.59 Å². The first-order valence-electron chi connectivity index (χ1n) is 8.50. The summed E-state index contributed by atoms with van der Waals surface area (Å²) in [5.41, 5.74) is 3.85. The number of hydrogen-bond donors (Lipinski definition) is 2. The van der Waals surface area contributed by atoms with Crippen LogP contribution in [0.3, 0.4) is 0 Å². The molecule has 0 atom stereocenters. The van der Waals surface area contributed by atoms with E-state index in [0.29, 0.717) is 11.3 Å². The van der Waals surface area contributed by atoms with Gasteiger partial charge in [0, 0.05) is 11.3 Å². The number of anilines is 1. The van der Waals surface area contributed by atoms with Crippen LogP contribution in [0.4, 0.5) is 5.69 Å². The molecular weight excluding hydrogens is 316 g/mol. The second-order valence-corrected chi connectivity index (χ2v) is 6.11. The lowest BCUT2D eigenvalue weighted by atomic mass is 9.90. The number of rotatable bonds is 5. The Morgan fingerprint density at radius 2 is 1.88 bits per heavy atom. The van der Waals surface area contributed by atoms with Crippen molar-refractivity contribution in [2.75, 3.05) is 19.0 Å². The minimum atomic E-state index is -0.302. The van der Waals surface area contributed by atoms with Crippen LogP contribution in [0, 0.1) is 0 Å². The molecule has 0 aromatic heterocycles. The van der Waals surface area contributed by atoms with Crippen molar-refractivity contribution in [1.82, 2.24) is 5.32 Å². The summed E-state index contributed by atoms with van der Waals surface area (Å²) in [6.07, 6.45) is 4.39. The van der Waals surface area contributed by atoms with Crippen molar-refractivity contribution < 1.29 is 14.3 Å². The second-order valence-electron chi connectivity index (χ2n) is 6.11. The molecule has 3 rings (SSSR count). The van der Waals surface area contributed by atoms with Gasteiger partial charge in [-0.15, -0.1) is 0 Å². The van der Waals surface area contributed by atoms with Crippen LogP contribution in [-0.4, -0.2) is 25.5 Å². The smallest absolute Gasteiger partial charge is 0.251 e. The van der Waals surface area contributed by atoms with Crippen molar-refractivity contribution in [1.29, 1.82) is 0 Å². The Bertz CT molecular complexity index is 786. The third-order valence-corrected chi connectivity index (χ3v) is 4.41. The van der Waals surface area contributed by atoms with Gasteiger partial charge in [0.15, 0.2) is 0 Å². The number of amides is 2. The van der Waals surface area contributed by atoms with E-state index in [-0.39, 0.29) is 18.4 Å².